The van der Waals surface area contributed by atoms with E-state index in [9.17, 15) is 22.8 Å². The van der Waals surface area contributed by atoms with Crippen molar-refractivity contribution in [3.05, 3.63) is 59.7 Å². The van der Waals surface area contributed by atoms with Gasteiger partial charge in [-0.3, -0.25) is 14.4 Å². The van der Waals surface area contributed by atoms with Gasteiger partial charge in [0.15, 0.2) is 6.61 Å². The van der Waals surface area contributed by atoms with Gasteiger partial charge < -0.3 is 15.0 Å². The lowest BCUT2D eigenvalue weighted by atomic mass is 10.2. The number of amides is 2. The highest BCUT2D eigenvalue weighted by molar-refractivity contribution is 7.89. The zero-order valence-corrected chi connectivity index (χ0v) is 20.3. The first-order chi connectivity index (χ1) is 16.1. The average molecular weight is 488 g/mol. The Kier molecular flexibility index (Phi) is 8.06. The lowest BCUT2D eigenvalue weighted by molar-refractivity contribution is -0.154. The molecule has 2 aromatic carbocycles. The number of hydrogen-bond acceptors (Lipinski definition) is 6. The molecule has 1 N–H and O–H groups in total. The van der Waals surface area contributed by atoms with E-state index in [0.717, 1.165) is 20.3 Å². The minimum Gasteiger partial charge on any atom is -0.454 e. The van der Waals surface area contributed by atoms with Crippen LogP contribution in [0, 0.1) is 13.8 Å². The number of ether oxygens (including phenoxy) is 1. The lowest BCUT2D eigenvalue weighted by Gasteiger charge is -2.23. The van der Waals surface area contributed by atoms with Gasteiger partial charge in [-0.05, 0) is 51.0 Å². The summed E-state index contributed by atoms with van der Waals surface area (Å²) in [4.78, 5) is 38.4. The molecule has 1 fully saturated rings. The van der Waals surface area contributed by atoms with Crippen LogP contribution in [0.1, 0.15) is 24.0 Å². The van der Waals surface area contributed by atoms with Crippen LogP contribution in [0.3, 0.4) is 0 Å². The third kappa shape index (κ3) is 6.21. The van der Waals surface area contributed by atoms with Gasteiger partial charge in [-0.2, -0.15) is 4.31 Å². The van der Waals surface area contributed by atoms with Crippen LogP contribution >= 0.6 is 0 Å². The van der Waals surface area contributed by atoms with Crippen molar-refractivity contribution in [1.29, 1.82) is 0 Å². The number of esters is 1. The summed E-state index contributed by atoms with van der Waals surface area (Å²) >= 11 is 0. The Morgan fingerprint density at radius 1 is 1.03 bits per heavy atom. The molecule has 3 rings (SSSR count). The molecule has 1 aliphatic heterocycles. The highest BCUT2D eigenvalue weighted by Crippen LogP contribution is 2.27. The second-order valence-corrected chi connectivity index (χ2v) is 10.2. The molecule has 0 aliphatic carbocycles. The molecule has 1 atom stereocenters. The molecule has 0 saturated carbocycles. The minimum absolute atomic E-state index is 0.105. The van der Waals surface area contributed by atoms with Crippen LogP contribution in [0.5, 0.6) is 0 Å². The molecule has 1 heterocycles. The van der Waals surface area contributed by atoms with Crippen LogP contribution in [0.2, 0.25) is 0 Å². The first-order valence-electron chi connectivity index (χ1n) is 10.9. The van der Waals surface area contributed by atoms with Gasteiger partial charge in [-0.15, -0.1) is 0 Å². The summed E-state index contributed by atoms with van der Waals surface area (Å²) < 4.78 is 32.3. The molecule has 1 saturated heterocycles. The zero-order chi connectivity index (χ0) is 24.9. The number of nitrogens with zero attached hydrogens (tertiary/aromatic N) is 2. The van der Waals surface area contributed by atoms with Crippen LogP contribution < -0.4 is 5.32 Å². The van der Waals surface area contributed by atoms with E-state index in [1.165, 1.54) is 19.2 Å². The van der Waals surface area contributed by atoms with E-state index in [2.05, 4.69) is 5.32 Å². The largest absolute Gasteiger partial charge is 0.454 e. The highest BCUT2D eigenvalue weighted by Gasteiger charge is 2.40. The molecule has 2 aromatic rings. The standard InChI is InChI=1S/C24H29N3O6S/c1-17-6-10-19(11-7-17)25-22(28)15-26(3)23(29)16-33-24(30)21-5-4-14-27(21)34(31,32)20-12-8-18(2)9-13-20/h6-13,21H,4-5,14-16H2,1-3H3,(H,25,28). The first-order valence-corrected chi connectivity index (χ1v) is 12.4. The number of likely N-dealkylation sites (N-methyl/N-ethyl adjacent to an activating group) is 1. The summed E-state index contributed by atoms with van der Waals surface area (Å²) in [5.41, 5.74) is 2.59. The van der Waals surface area contributed by atoms with E-state index in [4.69, 9.17) is 4.74 Å². The maximum Gasteiger partial charge on any atom is 0.324 e. The van der Waals surface area contributed by atoms with Gasteiger partial charge in [0.05, 0.1) is 11.4 Å². The van der Waals surface area contributed by atoms with Crippen LogP contribution in [0.4, 0.5) is 5.69 Å². The Balaban J connectivity index is 1.53. The van der Waals surface area contributed by atoms with Crippen LogP contribution in [-0.4, -0.2) is 68.2 Å². The Bertz CT molecular complexity index is 1150. The predicted molar refractivity (Wildman–Crippen MR) is 126 cm³/mol. The Labute approximate surface area is 199 Å². The SMILES string of the molecule is Cc1ccc(NC(=O)CN(C)C(=O)COC(=O)C2CCCN2S(=O)(=O)c2ccc(C)cc2)cc1. The number of carbonyl (C=O) groups excluding carboxylic acids is 3. The third-order valence-electron chi connectivity index (χ3n) is 5.58. The lowest BCUT2D eigenvalue weighted by Crippen LogP contribution is -2.43. The molecule has 0 spiro atoms. The molecule has 2 amide bonds. The minimum atomic E-state index is -3.87. The number of benzene rings is 2. The summed E-state index contributed by atoms with van der Waals surface area (Å²) in [6.45, 7) is 3.18. The smallest absolute Gasteiger partial charge is 0.324 e. The van der Waals surface area contributed by atoms with Crippen molar-refractivity contribution < 1.29 is 27.5 Å². The molecule has 182 valence electrons. The summed E-state index contributed by atoms with van der Waals surface area (Å²) in [6, 6.07) is 12.6. The van der Waals surface area contributed by atoms with Gasteiger partial charge >= 0.3 is 5.97 Å². The Morgan fingerprint density at radius 2 is 1.62 bits per heavy atom. The van der Waals surface area contributed by atoms with E-state index in [0.29, 0.717) is 18.5 Å². The third-order valence-corrected chi connectivity index (χ3v) is 7.51. The summed E-state index contributed by atoms with van der Waals surface area (Å²) in [5.74, 6) is -1.74. The van der Waals surface area contributed by atoms with E-state index >= 15 is 0 Å². The number of hydrogen-bond donors (Lipinski definition) is 1. The van der Waals surface area contributed by atoms with E-state index in [1.54, 1.807) is 24.3 Å². The van der Waals surface area contributed by atoms with Gasteiger partial charge in [0.2, 0.25) is 15.9 Å². The van der Waals surface area contributed by atoms with E-state index in [-0.39, 0.29) is 18.0 Å². The first kappa shape index (κ1) is 25.4. The van der Waals surface area contributed by atoms with Gasteiger partial charge in [0.1, 0.15) is 6.04 Å². The molecule has 1 unspecified atom stereocenters. The molecule has 9 nitrogen and oxygen atoms in total. The van der Waals surface area contributed by atoms with Gasteiger partial charge in [0.25, 0.3) is 5.91 Å². The van der Waals surface area contributed by atoms with Crippen LogP contribution in [-0.2, 0) is 29.1 Å². The average Bonchev–Trinajstić information content (AvgIpc) is 3.30. The van der Waals surface area contributed by atoms with Crippen molar-refractivity contribution in [2.24, 2.45) is 0 Å². The highest BCUT2D eigenvalue weighted by atomic mass is 32.2. The molecule has 0 bridgehead atoms. The molecule has 0 radical (unpaired) electrons. The van der Waals surface area contributed by atoms with Gasteiger partial charge in [-0.25, -0.2) is 8.42 Å². The van der Waals surface area contributed by atoms with Crippen molar-refractivity contribution in [2.75, 3.05) is 32.1 Å². The van der Waals surface area contributed by atoms with E-state index in [1.807, 2.05) is 26.0 Å². The molecular weight excluding hydrogens is 458 g/mol. The van der Waals surface area contributed by atoms with E-state index < -0.39 is 40.5 Å². The zero-order valence-electron chi connectivity index (χ0n) is 19.5. The number of sulfonamides is 1. The topological polar surface area (TPSA) is 113 Å². The fraction of sp³-hybridized carbons (Fsp3) is 0.375. The van der Waals surface area contributed by atoms with Crippen molar-refractivity contribution in [3.63, 3.8) is 0 Å². The number of anilines is 1. The number of rotatable bonds is 8. The quantitative estimate of drug-likeness (QED) is 0.571. The van der Waals surface area contributed by atoms with Gasteiger partial charge in [-0.1, -0.05) is 35.4 Å². The number of carbonyl (C=O) groups is 3. The molecule has 0 aromatic heterocycles. The van der Waals surface area contributed by atoms with Crippen molar-refractivity contribution in [1.82, 2.24) is 9.21 Å². The Morgan fingerprint density at radius 3 is 2.24 bits per heavy atom. The Hall–Kier alpha value is -3.24. The van der Waals surface area contributed by atoms with Crippen molar-refractivity contribution >= 4 is 33.5 Å². The van der Waals surface area contributed by atoms with Gasteiger partial charge in [0, 0.05) is 19.3 Å². The fourth-order valence-corrected chi connectivity index (χ4v) is 5.24. The second kappa shape index (κ2) is 10.8. The van der Waals surface area contributed by atoms with Crippen LogP contribution in [0.15, 0.2) is 53.4 Å². The van der Waals surface area contributed by atoms with Crippen molar-refractivity contribution in [2.45, 2.75) is 37.6 Å². The predicted octanol–water partition coefficient (Wildman–Crippen LogP) is 2.10. The molecular formula is C24H29N3O6S. The summed E-state index contributed by atoms with van der Waals surface area (Å²) in [6.07, 6.45) is 0.824. The number of nitrogens with one attached hydrogen (secondary N) is 1. The number of aryl methyl sites for hydroxylation is 2. The monoisotopic (exact) mass is 487 g/mol. The maximum atomic E-state index is 13.0. The fourth-order valence-electron chi connectivity index (χ4n) is 3.59. The normalized spacial score (nSPS) is 16.1. The second-order valence-electron chi connectivity index (χ2n) is 8.36. The molecule has 34 heavy (non-hydrogen) atoms. The molecule has 10 heteroatoms. The summed E-state index contributed by atoms with van der Waals surface area (Å²) in [5, 5.41) is 2.69. The molecule has 1 aliphatic rings. The van der Waals surface area contributed by atoms with Crippen molar-refractivity contribution in [3.8, 4) is 0 Å². The van der Waals surface area contributed by atoms with Crippen LogP contribution in [0.25, 0.3) is 0 Å². The maximum absolute atomic E-state index is 13.0. The summed E-state index contributed by atoms with van der Waals surface area (Å²) in [7, 11) is -2.44.